The van der Waals surface area contributed by atoms with Gasteiger partial charge < -0.3 is 10.6 Å². The second-order valence-corrected chi connectivity index (χ2v) is 5.66. The molecule has 0 spiro atoms. The van der Waals surface area contributed by atoms with Crippen molar-refractivity contribution in [3.63, 3.8) is 0 Å². The lowest BCUT2D eigenvalue weighted by Crippen LogP contribution is -2.33. The molecule has 0 radical (unpaired) electrons. The monoisotopic (exact) mass is 226 g/mol. The number of nitrogens with one attached hydrogen (secondary N) is 2. The first kappa shape index (κ1) is 15.0. The average Bonchev–Trinajstić information content (AvgIpc) is 2.11. The van der Waals surface area contributed by atoms with Crippen LogP contribution in [0.5, 0.6) is 0 Å². The van der Waals surface area contributed by atoms with Crippen LogP contribution in [0.1, 0.15) is 48.0 Å². The largest absolute Gasteiger partial charge is 0.338 e. The summed E-state index contributed by atoms with van der Waals surface area (Å²) in [6.07, 6.45) is 2.79. The Balaban J connectivity index is 3.90. The van der Waals surface area contributed by atoms with Gasteiger partial charge in [0.05, 0.1) is 0 Å². The van der Waals surface area contributed by atoms with Gasteiger partial charge in [-0.1, -0.05) is 40.2 Å². The summed E-state index contributed by atoms with van der Waals surface area (Å²) in [5.74, 6) is 0.618. The van der Waals surface area contributed by atoms with Gasteiger partial charge in [-0.05, 0) is 24.7 Å². The van der Waals surface area contributed by atoms with Crippen molar-refractivity contribution in [1.82, 2.24) is 10.6 Å². The second-order valence-electron chi connectivity index (χ2n) is 5.66. The van der Waals surface area contributed by atoms with Crippen molar-refractivity contribution in [3.8, 4) is 0 Å². The number of allylic oxidation sites excluding steroid dienone is 1. The second kappa shape index (κ2) is 6.56. The molecule has 2 N–H and O–H groups in total. The summed E-state index contributed by atoms with van der Waals surface area (Å²) < 4.78 is 0. The Labute approximate surface area is 99.7 Å². The molecule has 0 aliphatic rings. The summed E-state index contributed by atoms with van der Waals surface area (Å²) in [5.41, 5.74) is 1.26. The van der Waals surface area contributed by atoms with Crippen LogP contribution in [0.15, 0.2) is 11.8 Å². The van der Waals surface area contributed by atoms with E-state index in [9.17, 15) is 4.79 Å². The number of carbonyl (C=O) groups excluding carboxylic acids is 1. The molecule has 2 amide bonds. The molecule has 0 aliphatic carbocycles. The third-order valence-electron chi connectivity index (χ3n) is 2.61. The Bertz CT molecular complexity index is 249. The topological polar surface area (TPSA) is 41.1 Å². The molecule has 0 fully saturated rings. The van der Waals surface area contributed by atoms with Crippen molar-refractivity contribution in [2.75, 3.05) is 6.54 Å². The van der Waals surface area contributed by atoms with Crippen molar-refractivity contribution in [2.24, 2.45) is 11.3 Å². The van der Waals surface area contributed by atoms with E-state index in [1.165, 1.54) is 0 Å². The molecule has 94 valence electrons. The van der Waals surface area contributed by atoms with E-state index in [0.29, 0.717) is 5.92 Å². The van der Waals surface area contributed by atoms with Crippen molar-refractivity contribution >= 4 is 6.03 Å². The molecule has 0 aliphatic heterocycles. The number of carbonyl (C=O) groups is 1. The van der Waals surface area contributed by atoms with Gasteiger partial charge in [0.15, 0.2) is 0 Å². The van der Waals surface area contributed by atoms with Gasteiger partial charge in [0.25, 0.3) is 0 Å². The highest BCUT2D eigenvalue weighted by Gasteiger charge is 2.12. The van der Waals surface area contributed by atoms with Crippen molar-refractivity contribution in [2.45, 2.75) is 48.0 Å². The van der Waals surface area contributed by atoms with Crippen LogP contribution >= 0.6 is 0 Å². The fourth-order valence-corrected chi connectivity index (χ4v) is 0.916. The van der Waals surface area contributed by atoms with Gasteiger partial charge >= 0.3 is 6.03 Å². The first-order chi connectivity index (χ1) is 7.23. The predicted octanol–water partition coefficient (Wildman–Crippen LogP) is 3.28. The molecule has 0 atom stereocenters. The van der Waals surface area contributed by atoms with E-state index >= 15 is 0 Å². The SMILES string of the molecule is C/C(=C\NC(=O)NCCC(C)C)C(C)(C)C. The maximum Gasteiger partial charge on any atom is 0.318 e. The number of hydrogen-bond donors (Lipinski definition) is 2. The zero-order valence-electron chi connectivity index (χ0n) is 11.5. The van der Waals surface area contributed by atoms with Crippen molar-refractivity contribution < 1.29 is 4.79 Å². The summed E-state index contributed by atoms with van der Waals surface area (Å²) in [4.78, 5) is 11.4. The lowest BCUT2D eigenvalue weighted by Gasteiger charge is -2.19. The lowest BCUT2D eigenvalue weighted by atomic mass is 9.88. The standard InChI is InChI=1S/C13H26N2O/c1-10(2)7-8-14-12(16)15-9-11(3)13(4,5)6/h9-10H,7-8H2,1-6H3,(H2,14,15,16)/b11-9+. The van der Waals surface area contributed by atoms with Crippen LogP contribution in [0.25, 0.3) is 0 Å². The minimum atomic E-state index is -0.121. The predicted molar refractivity (Wildman–Crippen MR) is 69.2 cm³/mol. The zero-order valence-corrected chi connectivity index (χ0v) is 11.5. The Kier molecular flexibility index (Phi) is 6.16. The Morgan fingerprint density at radius 2 is 1.88 bits per heavy atom. The Hall–Kier alpha value is -0.990. The van der Waals surface area contributed by atoms with Crippen molar-refractivity contribution in [3.05, 3.63) is 11.8 Å². The van der Waals surface area contributed by atoms with Crippen LogP contribution in [-0.4, -0.2) is 12.6 Å². The average molecular weight is 226 g/mol. The van der Waals surface area contributed by atoms with Gasteiger partial charge in [0.1, 0.15) is 0 Å². The molecule has 0 heterocycles. The summed E-state index contributed by atoms with van der Waals surface area (Å²) >= 11 is 0. The smallest absolute Gasteiger partial charge is 0.318 e. The molecule has 3 heteroatoms. The summed E-state index contributed by atoms with van der Waals surface area (Å²) in [6.45, 7) is 13.4. The molecule has 0 saturated carbocycles. The minimum Gasteiger partial charge on any atom is -0.338 e. The third-order valence-corrected chi connectivity index (χ3v) is 2.61. The van der Waals surface area contributed by atoms with E-state index in [1.807, 2.05) is 6.92 Å². The maximum absolute atomic E-state index is 11.4. The van der Waals surface area contributed by atoms with Crippen LogP contribution in [-0.2, 0) is 0 Å². The molecular formula is C13H26N2O. The highest BCUT2D eigenvalue weighted by molar-refractivity contribution is 5.74. The zero-order chi connectivity index (χ0) is 12.8. The van der Waals surface area contributed by atoms with Gasteiger partial charge in [-0.3, -0.25) is 0 Å². The van der Waals surface area contributed by atoms with E-state index in [0.717, 1.165) is 18.5 Å². The molecule has 0 saturated heterocycles. The van der Waals surface area contributed by atoms with Crippen LogP contribution in [0.4, 0.5) is 4.79 Å². The maximum atomic E-state index is 11.4. The molecule has 0 rings (SSSR count). The van der Waals surface area contributed by atoms with E-state index < -0.39 is 0 Å². The minimum absolute atomic E-state index is 0.102. The fourth-order valence-electron chi connectivity index (χ4n) is 0.916. The Morgan fingerprint density at radius 1 is 1.31 bits per heavy atom. The molecule has 0 bridgehead atoms. The molecule has 0 unspecified atom stereocenters. The van der Waals surface area contributed by atoms with Crippen molar-refractivity contribution in [1.29, 1.82) is 0 Å². The fraction of sp³-hybridized carbons (Fsp3) is 0.769. The number of hydrogen-bond acceptors (Lipinski definition) is 1. The number of rotatable bonds is 4. The third kappa shape index (κ3) is 7.32. The molecular weight excluding hydrogens is 200 g/mol. The first-order valence-corrected chi connectivity index (χ1v) is 5.95. The molecule has 0 aromatic heterocycles. The summed E-state index contributed by atoms with van der Waals surface area (Å²) in [7, 11) is 0. The summed E-state index contributed by atoms with van der Waals surface area (Å²) in [5, 5.41) is 5.58. The quantitative estimate of drug-likeness (QED) is 0.759. The summed E-state index contributed by atoms with van der Waals surface area (Å²) in [6, 6.07) is -0.121. The highest BCUT2D eigenvalue weighted by atomic mass is 16.2. The number of amides is 2. The normalized spacial score (nSPS) is 12.8. The molecule has 0 aromatic carbocycles. The van der Waals surface area contributed by atoms with Crippen LogP contribution < -0.4 is 10.6 Å². The van der Waals surface area contributed by atoms with Crippen LogP contribution in [0, 0.1) is 11.3 Å². The van der Waals surface area contributed by atoms with Gasteiger partial charge in [0.2, 0.25) is 0 Å². The van der Waals surface area contributed by atoms with E-state index in [4.69, 9.17) is 0 Å². The Morgan fingerprint density at radius 3 is 2.31 bits per heavy atom. The number of urea groups is 1. The van der Waals surface area contributed by atoms with E-state index in [1.54, 1.807) is 6.20 Å². The lowest BCUT2D eigenvalue weighted by molar-refractivity contribution is 0.243. The van der Waals surface area contributed by atoms with Gasteiger partial charge in [-0.25, -0.2) is 4.79 Å². The van der Waals surface area contributed by atoms with Gasteiger partial charge in [-0.15, -0.1) is 0 Å². The molecule has 0 aromatic rings. The van der Waals surface area contributed by atoms with Crippen LogP contribution in [0.2, 0.25) is 0 Å². The molecule has 3 nitrogen and oxygen atoms in total. The highest BCUT2D eigenvalue weighted by Crippen LogP contribution is 2.23. The van der Waals surface area contributed by atoms with E-state index in [-0.39, 0.29) is 11.4 Å². The van der Waals surface area contributed by atoms with Gasteiger partial charge in [0, 0.05) is 12.7 Å². The molecule has 16 heavy (non-hydrogen) atoms. The first-order valence-electron chi connectivity index (χ1n) is 5.95. The van der Waals surface area contributed by atoms with E-state index in [2.05, 4.69) is 45.3 Å². The van der Waals surface area contributed by atoms with Gasteiger partial charge in [-0.2, -0.15) is 0 Å². The van der Waals surface area contributed by atoms with Crippen LogP contribution in [0.3, 0.4) is 0 Å².